The standard InChI is InChI=1S/C11H11BrNO2/c12-6-8-15-11(14)13-7-5-9-3-1-2-4-10(9)13/h1-4,7H,5-6,8H2. The van der Waals surface area contributed by atoms with E-state index in [-0.39, 0.29) is 6.09 Å². The van der Waals surface area contributed by atoms with Gasteiger partial charge >= 0.3 is 6.09 Å². The fraction of sp³-hybridized carbons (Fsp3) is 0.273. The van der Waals surface area contributed by atoms with Crippen molar-refractivity contribution < 1.29 is 9.53 Å². The Morgan fingerprint density at radius 1 is 1.47 bits per heavy atom. The highest BCUT2D eigenvalue weighted by Gasteiger charge is 2.25. The number of ether oxygens (including phenoxy) is 1. The highest BCUT2D eigenvalue weighted by Crippen LogP contribution is 2.30. The Hall–Kier alpha value is -1.03. The van der Waals surface area contributed by atoms with Crippen LogP contribution in [0.15, 0.2) is 24.3 Å². The lowest BCUT2D eigenvalue weighted by Crippen LogP contribution is -2.27. The first-order valence-corrected chi connectivity index (χ1v) is 5.88. The third kappa shape index (κ3) is 2.15. The number of nitrogens with zero attached hydrogens (tertiary/aromatic N) is 1. The molecule has 0 N–H and O–H groups in total. The van der Waals surface area contributed by atoms with E-state index in [2.05, 4.69) is 15.9 Å². The smallest absolute Gasteiger partial charge is 0.414 e. The van der Waals surface area contributed by atoms with Crippen molar-refractivity contribution in [2.75, 3.05) is 16.8 Å². The minimum absolute atomic E-state index is 0.306. The van der Waals surface area contributed by atoms with E-state index >= 15 is 0 Å². The average Bonchev–Trinajstić information content (AvgIpc) is 2.69. The van der Waals surface area contributed by atoms with Crippen LogP contribution < -0.4 is 4.90 Å². The molecule has 3 nitrogen and oxygen atoms in total. The lowest BCUT2D eigenvalue weighted by Gasteiger charge is -2.15. The minimum atomic E-state index is -0.306. The molecule has 0 bridgehead atoms. The molecule has 1 aliphatic rings. The normalized spacial score (nSPS) is 13.8. The first kappa shape index (κ1) is 10.5. The Bertz CT molecular complexity index is 367. The number of benzene rings is 1. The number of amides is 1. The molecule has 0 aromatic heterocycles. The highest BCUT2D eigenvalue weighted by atomic mass is 79.9. The number of carbonyl (C=O) groups excluding carboxylic acids is 1. The molecule has 0 fully saturated rings. The van der Waals surface area contributed by atoms with Crippen molar-refractivity contribution in [1.29, 1.82) is 0 Å². The van der Waals surface area contributed by atoms with Crippen LogP contribution in [-0.4, -0.2) is 18.0 Å². The van der Waals surface area contributed by atoms with Gasteiger partial charge in [-0.05, 0) is 18.1 Å². The van der Waals surface area contributed by atoms with E-state index in [9.17, 15) is 4.79 Å². The molecular formula is C11H11BrNO2. The molecular weight excluding hydrogens is 258 g/mol. The molecule has 1 radical (unpaired) electrons. The van der Waals surface area contributed by atoms with Crippen LogP contribution in [0, 0.1) is 6.54 Å². The SMILES string of the molecule is O=C(OCCBr)N1[CH]Cc2ccccc21. The molecule has 15 heavy (non-hydrogen) atoms. The van der Waals surface area contributed by atoms with E-state index in [1.54, 1.807) is 4.90 Å². The van der Waals surface area contributed by atoms with Gasteiger partial charge in [0.25, 0.3) is 0 Å². The monoisotopic (exact) mass is 268 g/mol. The minimum Gasteiger partial charge on any atom is -0.448 e. The topological polar surface area (TPSA) is 29.5 Å². The van der Waals surface area contributed by atoms with Crippen molar-refractivity contribution in [1.82, 2.24) is 0 Å². The molecule has 0 saturated carbocycles. The first-order valence-electron chi connectivity index (χ1n) is 4.76. The summed E-state index contributed by atoms with van der Waals surface area (Å²) in [6.45, 7) is 2.24. The number of anilines is 1. The van der Waals surface area contributed by atoms with Gasteiger partial charge in [-0.25, -0.2) is 4.79 Å². The quantitative estimate of drug-likeness (QED) is 0.772. The van der Waals surface area contributed by atoms with E-state index in [4.69, 9.17) is 4.74 Å². The molecule has 0 saturated heterocycles. The maximum absolute atomic E-state index is 11.6. The van der Waals surface area contributed by atoms with Crippen molar-refractivity contribution in [2.24, 2.45) is 0 Å². The highest BCUT2D eigenvalue weighted by molar-refractivity contribution is 9.09. The van der Waals surface area contributed by atoms with Gasteiger partial charge in [-0.15, -0.1) is 0 Å². The molecule has 79 valence electrons. The zero-order valence-corrected chi connectivity index (χ0v) is 9.74. The Balaban J connectivity index is 2.10. The van der Waals surface area contributed by atoms with Crippen LogP contribution in [0.25, 0.3) is 0 Å². The van der Waals surface area contributed by atoms with Gasteiger partial charge < -0.3 is 4.74 Å². The zero-order chi connectivity index (χ0) is 10.7. The Kier molecular flexibility index (Phi) is 3.26. The summed E-state index contributed by atoms with van der Waals surface area (Å²) in [7, 11) is 0. The second-order valence-electron chi connectivity index (χ2n) is 3.19. The summed E-state index contributed by atoms with van der Waals surface area (Å²) in [6, 6.07) is 7.83. The van der Waals surface area contributed by atoms with E-state index in [0.29, 0.717) is 11.9 Å². The van der Waals surface area contributed by atoms with Crippen LogP contribution >= 0.6 is 15.9 Å². The second-order valence-corrected chi connectivity index (χ2v) is 3.98. The maximum Gasteiger partial charge on any atom is 0.414 e. The van der Waals surface area contributed by atoms with Gasteiger partial charge in [-0.2, -0.15) is 0 Å². The fourth-order valence-electron chi connectivity index (χ4n) is 1.57. The summed E-state index contributed by atoms with van der Waals surface area (Å²) in [5.74, 6) is 0. The van der Waals surface area contributed by atoms with Crippen LogP contribution in [0.1, 0.15) is 5.56 Å². The van der Waals surface area contributed by atoms with Gasteiger partial charge in [-0.1, -0.05) is 34.1 Å². The first-order chi connectivity index (χ1) is 7.33. The summed E-state index contributed by atoms with van der Waals surface area (Å²) < 4.78 is 5.04. The average molecular weight is 269 g/mol. The van der Waals surface area contributed by atoms with Gasteiger partial charge in [0.1, 0.15) is 6.61 Å². The number of hydrogen-bond donors (Lipinski definition) is 0. The third-order valence-electron chi connectivity index (χ3n) is 2.24. The lowest BCUT2D eigenvalue weighted by molar-refractivity contribution is 0.163. The van der Waals surface area contributed by atoms with E-state index in [1.807, 2.05) is 30.8 Å². The van der Waals surface area contributed by atoms with Crippen molar-refractivity contribution in [3.05, 3.63) is 36.4 Å². The van der Waals surface area contributed by atoms with Crippen molar-refractivity contribution in [3.63, 3.8) is 0 Å². The van der Waals surface area contributed by atoms with E-state index < -0.39 is 0 Å². The molecule has 4 heteroatoms. The molecule has 1 aliphatic heterocycles. The summed E-state index contributed by atoms with van der Waals surface area (Å²) >= 11 is 3.21. The predicted octanol–water partition coefficient (Wildman–Crippen LogP) is 2.74. The molecule has 0 atom stereocenters. The Labute approximate surface area is 97.2 Å². The molecule has 0 aliphatic carbocycles. The van der Waals surface area contributed by atoms with Crippen LogP contribution in [0.2, 0.25) is 0 Å². The number of fused-ring (bicyclic) bond motifs is 1. The van der Waals surface area contributed by atoms with E-state index in [1.165, 1.54) is 0 Å². The van der Waals surface area contributed by atoms with Crippen LogP contribution in [0.3, 0.4) is 0 Å². The Morgan fingerprint density at radius 3 is 3.07 bits per heavy atom. The van der Waals surface area contributed by atoms with Crippen molar-refractivity contribution in [3.8, 4) is 0 Å². The molecule has 1 aromatic rings. The summed E-state index contributed by atoms with van der Waals surface area (Å²) in [5, 5.41) is 0.661. The van der Waals surface area contributed by atoms with Crippen molar-refractivity contribution >= 4 is 27.7 Å². The fourth-order valence-corrected chi connectivity index (χ4v) is 1.74. The van der Waals surface area contributed by atoms with Gasteiger partial charge in [0.2, 0.25) is 0 Å². The largest absolute Gasteiger partial charge is 0.448 e. The number of alkyl halides is 1. The maximum atomic E-state index is 11.6. The molecule has 1 aromatic carbocycles. The number of para-hydroxylation sites is 1. The van der Waals surface area contributed by atoms with Gasteiger partial charge in [0, 0.05) is 5.33 Å². The van der Waals surface area contributed by atoms with Gasteiger partial charge in [-0.3, -0.25) is 4.90 Å². The predicted molar refractivity (Wildman–Crippen MR) is 62.1 cm³/mol. The summed E-state index contributed by atoms with van der Waals surface area (Å²) in [4.78, 5) is 13.2. The van der Waals surface area contributed by atoms with Gasteiger partial charge in [0.05, 0.1) is 12.2 Å². The molecule has 1 amide bonds. The molecule has 0 spiro atoms. The van der Waals surface area contributed by atoms with Crippen LogP contribution in [-0.2, 0) is 11.2 Å². The second kappa shape index (κ2) is 4.66. The molecule has 0 unspecified atom stereocenters. The number of rotatable bonds is 2. The summed E-state index contributed by atoms with van der Waals surface area (Å²) in [6.07, 6.45) is 0.485. The zero-order valence-electron chi connectivity index (χ0n) is 8.15. The number of carbonyl (C=O) groups is 1. The molecule has 1 heterocycles. The van der Waals surface area contributed by atoms with Crippen molar-refractivity contribution in [2.45, 2.75) is 6.42 Å². The lowest BCUT2D eigenvalue weighted by atomic mass is 10.2. The van der Waals surface area contributed by atoms with Gasteiger partial charge in [0.15, 0.2) is 0 Å². The number of halogens is 1. The van der Waals surface area contributed by atoms with Crippen LogP contribution in [0.5, 0.6) is 0 Å². The molecule has 2 rings (SSSR count). The van der Waals surface area contributed by atoms with E-state index in [0.717, 1.165) is 17.7 Å². The third-order valence-corrected chi connectivity index (χ3v) is 2.57. The summed E-state index contributed by atoms with van der Waals surface area (Å²) in [5.41, 5.74) is 2.09. The number of hydrogen-bond acceptors (Lipinski definition) is 2. The Morgan fingerprint density at radius 2 is 2.27 bits per heavy atom. The van der Waals surface area contributed by atoms with Crippen LogP contribution in [0.4, 0.5) is 10.5 Å².